The number of fused-ring (bicyclic) bond motifs is 1. The van der Waals surface area contributed by atoms with Gasteiger partial charge < -0.3 is 9.84 Å². The number of carbonyl (C=O) groups is 1. The number of carboxylic acids is 1. The summed E-state index contributed by atoms with van der Waals surface area (Å²) in [5, 5.41) is 13.7. The van der Waals surface area contributed by atoms with Crippen LogP contribution in [-0.2, 0) is 6.61 Å². The average Bonchev–Trinajstić information content (AvgIpc) is 2.97. The van der Waals surface area contributed by atoms with Crippen LogP contribution in [0.25, 0.3) is 10.8 Å². The maximum Gasteiger partial charge on any atom is 0.340 e. The van der Waals surface area contributed by atoms with Gasteiger partial charge in [-0.15, -0.1) is 11.3 Å². The molecule has 0 unspecified atom stereocenters. The van der Waals surface area contributed by atoms with Crippen LogP contribution in [0, 0.1) is 0 Å². The van der Waals surface area contributed by atoms with Crippen molar-refractivity contribution >= 4 is 28.1 Å². The summed E-state index contributed by atoms with van der Waals surface area (Å²) in [7, 11) is 0. The number of aromatic carboxylic acids is 1. The second-order valence-corrected chi connectivity index (χ2v) is 5.16. The number of aromatic nitrogens is 1. The molecule has 100 valence electrons. The van der Waals surface area contributed by atoms with E-state index in [9.17, 15) is 9.90 Å². The van der Waals surface area contributed by atoms with Crippen molar-refractivity contribution in [2.24, 2.45) is 0 Å². The second-order valence-electron chi connectivity index (χ2n) is 4.18. The number of ether oxygens (including phenoxy) is 1. The monoisotopic (exact) mass is 285 g/mol. The maximum atomic E-state index is 11.5. The molecule has 0 aliphatic heterocycles. The second kappa shape index (κ2) is 5.30. The van der Waals surface area contributed by atoms with Crippen LogP contribution in [0.3, 0.4) is 0 Å². The fraction of sp³-hybridized carbons (Fsp3) is 0.0667. The molecule has 0 aliphatic rings. The Morgan fingerprint density at radius 1 is 1.25 bits per heavy atom. The molecule has 0 atom stereocenters. The van der Waals surface area contributed by atoms with E-state index in [-0.39, 0.29) is 12.2 Å². The summed E-state index contributed by atoms with van der Waals surface area (Å²) < 4.78 is 5.62. The first-order valence-electron chi connectivity index (χ1n) is 6.02. The van der Waals surface area contributed by atoms with E-state index in [1.54, 1.807) is 18.3 Å². The van der Waals surface area contributed by atoms with Crippen LogP contribution in [-0.4, -0.2) is 16.1 Å². The van der Waals surface area contributed by atoms with Gasteiger partial charge in [-0.05, 0) is 16.8 Å². The minimum Gasteiger partial charge on any atom is -0.485 e. The quantitative estimate of drug-likeness (QED) is 0.796. The largest absolute Gasteiger partial charge is 0.485 e. The van der Waals surface area contributed by atoms with E-state index >= 15 is 0 Å². The summed E-state index contributed by atoms with van der Waals surface area (Å²) in [4.78, 5) is 15.6. The molecule has 0 radical (unpaired) electrons. The molecule has 0 bridgehead atoms. The molecule has 4 nitrogen and oxygen atoms in total. The zero-order valence-corrected chi connectivity index (χ0v) is 11.3. The Kier molecular flexibility index (Phi) is 3.35. The number of thiazole rings is 1. The van der Waals surface area contributed by atoms with Crippen LogP contribution in [0.2, 0.25) is 0 Å². The Labute approximate surface area is 119 Å². The minimum atomic E-state index is -0.990. The predicted octanol–water partition coefficient (Wildman–Crippen LogP) is 3.57. The Morgan fingerprint density at radius 3 is 2.85 bits per heavy atom. The number of benzene rings is 2. The zero-order chi connectivity index (χ0) is 13.9. The van der Waals surface area contributed by atoms with Gasteiger partial charge in [-0.1, -0.05) is 30.3 Å². The molecule has 1 N–H and O–H groups in total. The molecule has 0 saturated carbocycles. The summed E-state index contributed by atoms with van der Waals surface area (Å²) in [5.41, 5.74) is 0.194. The highest BCUT2D eigenvalue weighted by atomic mass is 32.1. The lowest BCUT2D eigenvalue weighted by molar-refractivity contribution is 0.0694. The summed E-state index contributed by atoms with van der Waals surface area (Å²) in [6.07, 6.45) is 1.70. The highest BCUT2D eigenvalue weighted by Gasteiger charge is 2.15. The van der Waals surface area contributed by atoms with E-state index < -0.39 is 5.97 Å². The van der Waals surface area contributed by atoms with Crippen LogP contribution in [0.15, 0.2) is 48.0 Å². The highest BCUT2D eigenvalue weighted by molar-refractivity contribution is 7.09. The van der Waals surface area contributed by atoms with Crippen molar-refractivity contribution in [3.63, 3.8) is 0 Å². The SMILES string of the molecule is O=C(O)c1c(OCc2nccs2)ccc2ccccc12. The first-order valence-corrected chi connectivity index (χ1v) is 6.90. The third-order valence-electron chi connectivity index (χ3n) is 2.94. The van der Waals surface area contributed by atoms with Gasteiger partial charge in [0, 0.05) is 11.6 Å². The summed E-state index contributed by atoms with van der Waals surface area (Å²) >= 11 is 1.48. The van der Waals surface area contributed by atoms with Crippen molar-refractivity contribution in [3.8, 4) is 5.75 Å². The first kappa shape index (κ1) is 12.6. The van der Waals surface area contributed by atoms with Crippen LogP contribution >= 0.6 is 11.3 Å². The van der Waals surface area contributed by atoms with Crippen LogP contribution in [0.1, 0.15) is 15.4 Å². The lowest BCUT2D eigenvalue weighted by Gasteiger charge is -2.10. The lowest BCUT2D eigenvalue weighted by Crippen LogP contribution is -2.04. The van der Waals surface area contributed by atoms with Crippen molar-refractivity contribution in [1.29, 1.82) is 0 Å². The highest BCUT2D eigenvalue weighted by Crippen LogP contribution is 2.28. The van der Waals surface area contributed by atoms with Gasteiger partial charge in [-0.25, -0.2) is 9.78 Å². The number of carboxylic acid groups (broad SMARTS) is 1. The predicted molar refractivity (Wildman–Crippen MR) is 77.4 cm³/mol. The first-order chi connectivity index (χ1) is 9.75. The molecule has 3 aromatic rings. The molecule has 3 rings (SSSR count). The Bertz CT molecular complexity index is 753. The summed E-state index contributed by atoms with van der Waals surface area (Å²) in [6.45, 7) is 0.274. The molecule has 1 aromatic heterocycles. The van der Waals surface area contributed by atoms with Gasteiger partial charge in [0.1, 0.15) is 22.9 Å². The van der Waals surface area contributed by atoms with Crippen molar-refractivity contribution in [2.45, 2.75) is 6.61 Å². The van der Waals surface area contributed by atoms with Gasteiger partial charge in [0.15, 0.2) is 0 Å². The van der Waals surface area contributed by atoms with Crippen LogP contribution in [0.4, 0.5) is 0 Å². The molecule has 0 saturated heterocycles. The number of rotatable bonds is 4. The molecule has 2 aromatic carbocycles. The number of hydrogen-bond acceptors (Lipinski definition) is 4. The van der Waals surface area contributed by atoms with Crippen molar-refractivity contribution in [3.05, 3.63) is 58.5 Å². The van der Waals surface area contributed by atoms with Crippen molar-refractivity contribution in [1.82, 2.24) is 4.98 Å². The normalized spacial score (nSPS) is 10.6. The molecule has 20 heavy (non-hydrogen) atoms. The summed E-state index contributed by atoms with van der Waals surface area (Å²) in [5.74, 6) is -0.623. The molecular weight excluding hydrogens is 274 g/mol. The number of hydrogen-bond donors (Lipinski definition) is 1. The number of nitrogens with zero attached hydrogens (tertiary/aromatic N) is 1. The smallest absolute Gasteiger partial charge is 0.340 e. The van der Waals surface area contributed by atoms with Gasteiger partial charge in [-0.2, -0.15) is 0 Å². The Hall–Kier alpha value is -2.40. The van der Waals surface area contributed by atoms with Crippen LogP contribution < -0.4 is 4.74 Å². The third-order valence-corrected chi connectivity index (χ3v) is 3.69. The maximum absolute atomic E-state index is 11.5. The Balaban J connectivity index is 2.01. The molecule has 5 heteroatoms. The third kappa shape index (κ3) is 2.35. The fourth-order valence-electron chi connectivity index (χ4n) is 2.06. The fourth-order valence-corrected chi connectivity index (χ4v) is 2.58. The minimum absolute atomic E-state index is 0.194. The van der Waals surface area contributed by atoms with E-state index in [2.05, 4.69) is 4.98 Å². The van der Waals surface area contributed by atoms with Crippen molar-refractivity contribution < 1.29 is 14.6 Å². The molecule has 0 amide bonds. The van der Waals surface area contributed by atoms with E-state index in [1.807, 2.05) is 29.6 Å². The topological polar surface area (TPSA) is 59.4 Å². The van der Waals surface area contributed by atoms with Gasteiger partial charge in [0.2, 0.25) is 0 Å². The molecule has 0 spiro atoms. The molecule has 0 fully saturated rings. The van der Waals surface area contributed by atoms with Gasteiger partial charge in [-0.3, -0.25) is 0 Å². The summed E-state index contributed by atoms with van der Waals surface area (Å²) in [6, 6.07) is 10.9. The standard InChI is InChI=1S/C15H11NO3S/c17-15(18)14-11-4-2-1-3-10(11)5-6-12(14)19-9-13-16-7-8-20-13/h1-8H,9H2,(H,17,18). The van der Waals surface area contributed by atoms with E-state index in [4.69, 9.17) is 4.74 Å². The van der Waals surface area contributed by atoms with E-state index in [1.165, 1.54) is 11.3 Å². The van der Waals surface area contributed by atoms with E-state index in [0.717, 1.165) is 10.4 Å². The van der Waals surface area contributed by atoms with Gasteiger partial charge >= 0.3 is 5.97 Å². The van der Waals surface area contributed by atoms with Gasteiger partial charge in [0.05, 0.1) is 0 Å². The lowest BCUT2D eigenvalue weighted by atomic mass is 10.0. The van der Waals surface area contributed by atoms with E-state index in [0.29, 0.717) is 11.1 Å². The Morgan fingerprint density at radius 2 is 2.10 bits per heavy atom. The zero-order valence-electron chi connectivity index (χ0n) is 10.4. The molecule has 0 aliphatic carbocycles. The average molecular weight is 285 g/mol. The van der Waals surface area contributed by atoms with Crippen molar-refractivity contribution in [2.75, 3.05) is 0 Å². The van der Waals surface area contributed by atoms with Gasteiger partial charge in [0.25, 0.3) is 0 Å². The molecule has 1 heterocycles. The molecular formula is C15H11NO3S. The van der Waals surface area contributed by atoms with Crippen LogP contribution in [0.5, 0.6) is 5.75 Å².